The second-order valence-corrected chi connectivity index (χ2v) is 4.07. The summed E-state index contributed by atoms with van der Waals surface area (Å²) in [7, 11) is 0. The summed E-state index contributed by atoms with van der Waals surface area (Å²) in [4.78, 5) is 12.9. The summed E-state index contributed by atoms with van der Waals surface area (Å²) < 4.78 is 0. The van der Waals surface area contributed by atoms with E-state index in [-0.39, 0.29) is 18.4 Å². The van der Waals surface area contributed by atoms with Crippen molar-refractivity contribution in [1.82, 2.24) is 10.2 Å². The first kappa shape index (κ1) is 11.6. The zero-order valence-electron chi connectivity index (χ0n) is 8.24. The van der Waals surface area contributed by atoms with E-state index < -0.39 is 0 Å². The summed E-state index contributed by atoms with van der Waals surface area (Å²) in [5, 5.41) is 3.30. The number of hydrogen-bond acceptors (Lipinski definition) is 2. The third kappa shape index (κ3) is 2.75. The molecule has 2 fully saturated rings. The molecule has 1 heterocycles. The summed E-state index contributed by atoms with van der Waals surface area (Å²) in [6.07, 6.45) is 3.81. The number of primary amides is 1. The van der Waals surface area contributed by atoms with Gasteiger partial charge in [0.05, 0.1) is 0 Å². The third-order valence-corrected chi connectivity index (χ3v) is 2.94. The van der Waals surface area contributed by atoms with Gasteiger partial charge < -0.3 is 16.0 Å². The molecular formula is C9H18ClN3O. The highest BCUT2D eigenvalue weighted by Crippen LogP contribution is 2.34. The van der Waals surface area contributed by atoms with E-state index in [1.807, 2.05) is 4.90 Å². The minimum atomic E-state index is -0.257. The lowest BCUT2D eigenvalue weighted by Crippen LogP contribution is -2.55. The first-order valence-electron chi connectivity index (χ1n) is 5.04. The van der Waals surface area contributed by atoms with E-state index in [4.69, 9.17) is 5.73 Å². The fourth-order valence-electron chi connectivity index (χ4n) is 2.00. The molecule has 1 saturated heterocycles. The van der Waals surface area contributed by atoms with Crippen LogP contribution in [0.4, 0.5) is 4.79 Å². The van der Waals surface area contributed by atoms with Crippen LogP contribution in [-0.2, 0) is 0 Å². The number of nitrogens with two attached hydrogens (primary N) is 1. The van der Waals surface area contributed by atoms with Gasteiger partial charge in [-0.1, -0.05) is 12.8 Å². The van der Waals surface area contributed by atoms with Gasteiger partial charge in [-0.2, -0.15) is 0 Å². The number of hydrogen-bond donors (Lipinski definition) is 2. The number of carbonyl (C=O) groups excluding carboxylic acids is 1. The molecule has 5 heteroatoms. The maximum atomic E-state index is 11.1. The van der Waals surface area contributed by atoms with E-state index in [9.17, 15) is 4.79 Å². The fourth-order valence-corrected chi connectivity index (χ4v) is 2.00. The van der Waals surface area contributed by atoms with Crippen LogP contribution in [0.1, 0.15) is 19.3 Å². The molecule has 2 aliphatic rings. The summed E-state index contributed by atoms with van der Waals surface area (Å²) in [6, 6.07) is 0.0888. The normalized spacial score (nSPS) is 26.9. The Kier molecular flexibility index (Phi) is 4.01. The molecule has 0 aromatic carbocycles. The average molecular weight is 220 g/mol. The maximum Gasteiger partial charge on any atom is 0.315 e. The van der Waals surface area contributed by atoms with Crippen molar-refractivity contribution in [3.8, 4) is 0 Å². The zero-order chi connectivity index (χ0) is 9.26. The molecule has 1 aliphatic heterocycles. The molecule has 1 atom stereocenters. The monoisotopic (exact) mass is 219 g/mol. The molecule has 14 heavy (non-hydrogen) atoms. The summed E-state index contributed by atoms with van der Waals surface area (Å²) in [5.74, 6) is 0.853. The van der Waals surface area contributed by atoms with Crippen LogP contribution in [0, 0.1) is 5.92 Å². The number of amides is 2. The van der Waals surface area contributed by atoms with Gasteiger partial charge in [-0.3, -0.25) is 0 Å². The minimum absolute atomic E-state index is 0. The Balaban J connectivity index is 0.000000980. The second kappa shape index (κ2) is 4.84. The van der Waals surface area contributed by atoms with Gasteiger partial charge in [-0.15, -0.1) is 12.4 Å². The van der Waals surface area contributed by atoms with Gasteiger partial charge in [0.1, 0.15) is 0 Å². The molecule has 2 amide bonds. The summed E-state index contributed by atoms with van der Waals surface area (Å²) >= 11 is 0. The Morgan fingerprint density at radius 3 is 2.79 bits per heavy atom. The van der Waals surface area contributed by atoms with Crippen molar-refractivity contribution in [1.29, 1.82) is 0 Å². The van der Waals surface area contributed by atoms with E-state index in [0.717, 1.165) is 32.0 Å². The third-order valence-electron chi connectivity index (χ3n) is 2.94. The highest BCUT2D eigenvalue weighted by Gasteiger charge is 2.31. The van der Waals surface area contributed by atoms with Crippen LogP contribution in [-0.4, -0.2) is 36.6 Å². The Labute approximate surface area is 90.6 Å². The number of halogens is 1. The van der Waals surface area contributed by atoms with Gasteiger partial charge in [0.25, 0.3) is 0 Å². The van der Waals surface area contributed by atoms with Gasteiger partial charge in [0.15, 0.2) is 0 Å². The highest BCUT2D eigenvalue weighted by molar-refractivity contribution is 5.85. The van der Waals surface area contributed by atoms with Crippen LogP contribution in [0.15, 0.2) is 0 Å². The standard InChI is InChI=1S/C9H17N3O.ClH/c10-9(13)12-4-3-11-6-8(12)5-7-1-2-7;/h7-8,11H,1-6H2,(H2,10,13);1H. The largest absolute Gasteiger partial charge is 0.351 e. The minimum Gasteiger partial charge on any atom is -0.351 e. The molecule has 1 saturated carbocycles. The van der Waals surface area contributed by atoms with E-state index >= 15 is 0 Å². The van der Waals surface area contributed by atoms with E-state index in [1.165, 1.54) is 12.8 Å². The fraction of sp³-hybridized carbons (Fsp3) is 0.889. The molecule has 1 unspecified atom stereocenters. The molecule has 82 valence electrons. The Morgan fingerprint density at radius 2 is 2.21 bits per heavy atom. The van der Waals surface area contributed by atoms with Crippen LogP contribution in [0.2, 0.25) is 0 Å². The van der Waals surface area contributed by atoms with Gasteiger partial charge in [0.2, 0.25) is 0 Å². The number of urea groups is 1. The average Bonchev–Trinajstić information content (AvgIpc) is 2.89. The van der Waals surface area contributed by atoms with Crippen molar-refractivity contribution >= 4 is 18.4 Å². The van der Waals surface area contributed by atoms with Crippen molar-refractivity contribution in [3.63, 3.8) is 0 Å². The van der Waals surface area contributed by atoms with E-state index in [1.54, 1.807) is 0 Å². The molecule has 0 bridgehead atoms. The Bertz CT molecular complexity index is 208. The molecule has 0 aromatic rings. The second-order valence-electron chi connectivity index (χ2n) is 4.07. The van der Waals surface area contributed by atoms with Crippen LogP contribution in [0.25, 0.3) is 0 Å². The summed E-state index contributed by atoms with van der Waals surface area (Å²) in [6.45, 7) is 2.57. The smallest absolute Gasteiger partial charge is 0.315 e. The number of nitrogens with one attached hydrogen (secondary N) is 1. The zero-order valence-corrected chi connectivity index (χ0v) is 9.05. The molecular weight excluding hydrogens is 202 g/mol. The lowest BCUT2D eigenvalue weighted by atomic mass is 10.1. The van der Waals surface area contributed by atoms with Gasteiger partial charge in [-0.05, 0) is 12.3 Å². The van der Waals surface area contributed by atoms with E-state index in [0.29, 0.717) is 6.04 Å². The molecule has 3 N–H and O–H groups in total. The lowest BCUT2D eigenvalue weighted by Gasteiger charge is -2.35. The van der Waals surface area contributed by atoms with Crippen molar-refractivity contribution in [3.05, 3.63) is 0 Å². The van der Waals surface area contributed by atoms with Crippen LogP contribution >= 0.6 is 12.4 Å². The van der Waals surface area contributed by atoms with Gasteiger partial charge in [-0.25, -0.2) is 4.79 Å². The van der Waals surface area contributed by atoms with Crippen molar-refractivity contribution in [2.75, 3.05) is 19.6 Å². The molecule has 0 radical (unpaired) electrons. The number of piperazine rings is 1. The molecule has 2 rings (SSSR count). The molecule has 0 aromatic heterocycles. The first-order chi connectivity index (χ1) is 6.27. The first-order valence-corrected chi connectivity index (χ1v) is 5.04. The van der Waals surface area contributed by atoms with Crippen LogP contribution in [0.5, 0.6) is 0 Å². The highest BCUT2D eigenvalue weighted by atomic mass is 35.5. The van der Waals surface area contributed by atoms with Crippen LogP contribution < -0.4 is 11.1 Å². The van der Waals surface area contributed by atoms with Crippen molar-refractivity contribution in [2.24, 2.45) is 11.7 Å². The quantitative estimate of drug-likeness (QED) is 0.713. The molecule has 1 aliphatic carbocycles. The van der Waals surface area contributed by atoms with Crippen molar-refractivity contribution in [2.45, 2.75) is 25.3 Å². The number of carbonyl (C=O) groups is 1. The predicted octanol–water partition coefficient (Wildman–Crippen LogP) is 0.561. The van der Waals surface area contributed by atoms with E-state index in [2.05, 4.69) is 5.32 Å². The SMILES string of the molecule is Cl.NC(=O)N1CCNCC1CC1CC1. The van der Waals surface area contributed by atoms with Gasteiger partial charge in [0, 0.05) is 25.7 Å². The van der Waals surface area contributed by atoms with Gasteiger partial charge >= 0.3 is 6.03 Å². The number of nitrogens with zero attached hydrogens (tertiary/aromatic N) is 1. The van der Waals surface area contributed by atoms with Crippen molar-refractivity contribution < 1.29 is 4.79 Å². The summed E-state index contributed by atoms with van der Waals surface area (Å²) in [5.41, 5.74) is 5.31. The number of rotatable bonds is 2. The molecule has 0 spiro atoms. The predicted molar refractivity (Wildman–Crippen MR) is 57.5 cm³/mol. The Morgan fingerprint density at radius 1 is 1.50 bits per heavy atom. The lowest BCUT2D eigenvalue weighted by molar-refractivity contribution is 0.159. The van der Waals surface area contributed by atoms with Crippen LogP contribution in [0.3, 0.4) is 0 Å². The maximum absolute atomic E-state index is 11.1. The molecule has 4 nitrogen and oxygen atoms in total. The Hall–Kier alpha value is -0.480. The topological polar surface area (TPSA) is 58.4 Å².